The van der Waals surface area contributed by atoms with Gasteiger partial charge in [-0.2, -0.15) is 0 Å². The van der Waals surface area contributed by atoms with Crippen molar-refractivity contribution in [2.45, 2.75) is 0 Å². The highest BCUT2D eigenvalue weighted by Crippen LogP contribution is 2.23. The first-order valence-corrected chi connectivity index (χ1v) is 7.39. The first-order valence-electron chi connectivity index (χ1n) is 6.63. The van der Waals surface area contributed by atoms with Crippen molar-refractivity contribution in [1.82, 2.24) is 0 Å². The van der Waals surface area contributed by atoms with Gasteiger partial charge in [0.05, 0.1) is 15.7 Å². The van der Waals surface area contributed by atoms with E-state index in [2.05, 4.69) is 5.32 Å². The lowest BCUT2D eigenvalue weighted by Gasteiger charge is -2.09. The SMILES string of the molecule is O=C(COC(=O)COc1ccccc1Cl)Nc1ccccc1Cl. The number of para-hydroxylation sites is 2. The molecule has 120 valence electrons. The molecule has 0 radical (unpaired) electrons. The molecule has 5 nitrogen and oxygen atoms in total. The summed E-state index contributed by atoms with van der Waals surface area (Å²) in [5.74, 6) is -0.810. The summed E-state index contributed by atoms with van der Waals surface area (Å²) in [6, 6.07) is 13.5. The molecule has 1 N–H and O–H groups in total. The number of esters is 1. The average Bonchev–Trinajstić information content (AvgIpc) is 2.54. The van der Waals surface area contributed by atoms with Gasteiger partial charge in [0.25, 0.3) is 5.91 Å². The molecule has 23 heavy (non-hydrogen) atoms. The summed E-state index contributed by atoms with van der Waals surface area (Å²) in [5.41, 5.74) is 0.447. The van der Waals surface area contributed by atoms with Crippen LogP contribution in [0.15, 0.2) is 48.5 Å². The highest BCUT2D eigenvalue weighted by Gasteiger charge is 2.10. The predicted octanol–water partition coefficient (Wildman–Crippen LogP) is 3.55. The van der Waals surface area contributed by atoms with Crippen LogP contribution in [-0.2, 0) is 14.3 Å². The fourth-order valence-corrected chi connectivity index (χ4v) is 2.01. The van der Waals surface area contributed by atoms with Gasteiger partial charge in [-0.15, -0.1) is 0 Å². The normalized spacial score (nSPS) is 10.0. The number of carbonyl (C=O) groups is 2. The van der Waals surface area contributed by atoms with Crippen molar-refractivity contribution in [1.29, 1.82) is 0 Å². The third-order valence-electron chi connectivity index (χ3n) is 2.69. The van der Waals surface area contributed by atoms with Crippen LogP contribution >= 0.6 is 23.2 Å². The monoisotopic (exact) mass is 353 g/mol. The maximum absolute atomic E-state index is 11.7. The van der Waals surface area contributed by atoms with Crippen molar-refractivity contribution >= 4 is 40.8 Å². The fraction of sp³-hybridized carbons (Fsp3) is 0.125. The summed E-state index contributed by atoms with van der Waals surface area (Å²) in [6.07, 6.45) is 0. The van der Waals surface area contributed by atoms with E-state index in [4.69, 9.17) is 32.7 Å². The topological polar surface area (TPSA) is 64.6 Å². The van der Waals surface area contributed by atoms with Crippen molar-refractivity contribution in [3.63, 3.8) is 0 Å². The summed E-state index contributed by atoms with van der Waals surface area (Å²) >= 11 is 11.8. The van der Waals surface area contributed by atoms with Gasteiger partial charge in [-0.1, -0.05) is 47.5 Å². The smallest absolute Gasteiger partial charge is 0.344 e. The fourth-order valence-electron chi connectivity index (χ4n) is 1.64. The number of amides is 1. The number of benzene rings is 2. The Morgan fingerprint density at radius 3 is 2.26 bits per heavy atom. The highest BCUT2D eigenvalue weighted by molar-refractivity contribution is 6.33. The molecule has 0 fully saturated rings. The number of hydrogen-bond donors (Lipinski definition) is 1. The Morgan fingerprint density at radius 2 is 1.57 bits per heavy atom. The van der Waals surface area contributed by atoms with Gasteiger partial charge >= 0.3 is 5.97 Å². The van der Waals surface area contributed by atoms with E-state index in [1.807, 2.05) is 0 Å². The summed E-state index contributed by atoms with van der Waals surface area (Å²) < 4.78 is 10.0. The molecule has 0 aliphatic rings. The zero-order valence-electron chi connectivity index (χ0n) is 11.9. The van der Waals surface area contributed by atoms with Crippen molar-refractivity contribution in [2.75, 3.05) is 18.5 Å². The Balaban J connectivity index is 1.75. The third-order valence-corrected chi connectivity index (χ3v) is 3.34. The second kappa shape index (κ2) is 8.41. The standard InChI is InChI=1S/C16H13Cl2NO4/c17-11-5-1-3-7-13(11)19-15(20)9-23-16(21)10-22-14-8-4-2-6-12(14)18/h1-8H,9-10H2,(H,19,20). The molecule has 2 aromatic carbocycles. The Kier molecular flexibility index (Phi) is 6.26. The molecular formula is C16H13Cl2NO4. The molecule has 0 aromatic heterocycles. The van der Waals surface area contributed by atoms with Crippen molar-refractivity contribution in [2.24, 2.45) is 0 Å². The summed E-state index contributed by atoms with van der Waals surface area (Å²) in [5, 5.41) is 3.32. The zero-order chi connectivity index (χ0) is 16.7. The molecule has 0 unspecified atom stereocenters. The average molecular weight is 354 g/mol. The number of halogens is 2. The van der Waals surface area contributed by atoms with Crippen molar-refractivity contribution in [3.05, 3.63) is 58.6 Å². The van der Waals surface area contributed by atoms with E-state index in [0.717, 1.165) is 0 Å². The van der Waals surface area contributed by atoms with Gasteiger partial charge < -0.3 is 14.8 Å². The molecule has 0 heterocycles. The van der Waals surface area contributed by atoms with Gasteiger partial charge in [-0.3, -0.25) is 4.79 Å². The lowest BCUT2D eigenvalue weighted by molar-refractivity contribution is -0.149. The van der Waals surface area contributed by atoms with E-state index < -0.39 is 18.5 Å². The highest BCUT2D eigenvalue weighted by atomic mass is 35.5. The number of ether oxygens (including phenoxy) is 2. The van der Waals surface area contributed by atoms with Gasteiger partial charge in [-0.05, 0) is 24.3 Å². The summed E-state index contributed by atoms with van der Waals surface area (Å²) in [6.45, 7) is -0.779. The number of carbonyl (C=O) groups excluding carboxylic acids is 2. The zero-order valence-corrected chi connectivity index (χ0v) is 13.4. The van der Waals surface area contributed by atoms with Gasteiger partial charge in [0.2, 0.25) is 0 Å². The van der Waals surface area contributed by atoms with Gasteiger partial charge in [0.15, 0.2) is 13.2 Å². The van der Waals surface area contributed by atoms with Crippen LogP contribution < -0.4 is 10.1 Å². The van der Waals surface area contributed by atoms with Crippen LogP contribution in [0, 0.1) is 0 Å². The minimum atomic E-state index is -0.681. The molecule has 2 aromatic rings. The molecule has 0 saturated heterocycles. The van der Waals surface area contributed by atoms with E-state index in [1.54, 1.807) is 48.5 Å². The van der Waals surface area contributed by atoms with Crippen LogP contribution in [0.1, 0.15) is 0 Å². The van der Waals surface area contributed by atoms with Gasteiger partial charge in [0.1, 0.15) is 5.75 Å². The van der Waals surface area contributed by atoms with Crippen LogP contribution in [0.2, 0.25) is 10.0 Å². The second-order valence-corrected chi connectivity index (χ2v) is 5.22. The van der Waals surface area contributed by atoms with E-state index in [0.29, 0.717) is 21.5 Å². The first kappa shape index (κ1) is 17.1. The van der Waals surface area contributed by atoms with Gasteiger partial charge in [0, 0.05) is 0 Å². The first-order chi connectivity index (χ1) is 11.1. The number of hydrogen-bond acceptors (Lipinski definition) is 4. The molecule has 1 amide bonds. The Morgan fingerprint density at radius 1 is 0.913 bits per heavy atom. The number of anilines is 1. The second-order valence-electron chi connectivity index (χ2n) is 4.41. The van der Waals surface area contributed by atoms with Crippen LogP contribution in [0.5, 0.6) is 5.75 Å². The molecule has 2 rings (SSSR count). The molecule has 0 aliphatic heterocycles. The number of rotatable bonds is 6. The van der Waals surface area contributed by atoms with E-state index in [1.165, 1.54) is 0 Å². The lowest BCUT2D eigenvalue weighted by atomic mass is 10.3. The Bertz CT molecular complexity index is 706. The minimum Gasteiger partial charge on any atom is -0.480 e. The Hall–Kier alpha value is -2.24. The minimum absolute atomic E-state index is 0.344. The molecule has 0 aliphatic carbocycles. The summed E-state index contributed by atoms with van der Waals surface area (Å²) in [4.78, 5) is 23.2. The lowest BCUT2D eigenvalue weighted by Crippen LogP contribution is -2.23. The van der Waals surface area contributed by atoms with E-state index in [-0.39, 0.29) is 6.61 Å². The van der Waals surface area contributed by atoms with Crippen LogP contribution in [0.4, 0.5) is 5.69 Å². The maximum Gasteiger partial charge on any atom is 0.344 e. The van der Waals surface area contributed by atoms with Gasteiger partial charge in [-0.25, -0.2) is 4.79 Å². The van der Waals surface area contributed by atoms with Crippen molar-refractivity contribution < 1.29 is 19.1 Å². The van der Waals surface area contributed by atoms with Crippen LogP contribution in [0.25, 0.3) is 0 Å². The van der Waals surface area contributed by atoms with Crippen LogP contribution in [0.3, 0.4) is 0 Å². The largest absolute Gasteiger partial charge is 0.480 e. The Labute approximate surface area is 143 Å². The molecular weight excluding hydrogens is 341 g/mol. The van der Waals surface area contributed by atoms with Crippen LogP contribution in [-0.4, -0.2) is 25.1 Å². The number of nitrogens with one attached hydrogen (secondary N) is 1. The predicted molar refractivity (Wildman–Crippen MR) is 88.0 cm³/mol. The molecule has 0 saturated carbocycles. The summed E-state index contributed by atoms with van der Waals surface area (Å²) in [7, 11) is 0. The molecule has 0 atom stereocenters. The third kappa shape index (κ3) is 5.47. The molecule has 0 bridgehead atoms. The van der Waals surface area contributed by atoms with E-state index in [9.17, 15) is 9.59 Å². The molecule has 7 heteroatoms. The van der Waals surface area contributed by atoms with E-state index >= 15 is 0 Å². The maximum atomic E-state index is 11.7. The molecule has 0 spiro atoms. The quantitative estimate of drug-likeness (QED) is 0.806. The van der Waals surface area contributed by atoms with Crippen molar-refractivity contribution in [3.8, 4) is 5.75 Å².